The number of carbonyl (C=O) groups excluding carboxylic acids is 2. The molecule has 4 nitrogen and oxygen atoms in total. The standard InChI is InChI=1S/C24H30NO2P.C7H16.CH4O/c1-18-9-7-10-19(2)24(18)25-23(27)17-28(15-21-11-5-4-6-12-21)14-8-13-22(16-28)20(3)26;1-6(2)5-7(3)4;1-2/h4-7,9-12,22H,8,13-17H2,1-3H3;6-7H,5H2,1-4H3;2H,1H3/p+1. The second-order valence-electron chi connectivity index (χ2n) is 11.3. The highest BCUT2D eigenvalue weighted by Gasteiger charge is 2.45. The first-order valence-electron chi connectivity index (χ1n) is 13.7. The first-order valence-corrected chi connectivity index (χ1v) is 16.2. The SMILES string of the molecule is CC(=O)C1CCC[P+](CC(=O)Nc2c(C)cccc2C)(Cc2ccccc2)C1.CC(C)CC(C)C.CO. The number of aliphatic hydroxyl groups excluding tert-OH is 1. The molecule has 5 heteroatoms. The lowest BCUT2D eigenvalue weighted by molar-refractivity contribution is -0.120. The van der Waals surface area contributed by atoms with Crippen molar-refractivity contribution in [3.8, 4) is 0 Å². The average molecular weight is 529 g/mol. The summed E-state index contributed by atoms with van der Waals surface area (Å²) in [5, 5.41) is 10.2. The van der Waals surface area contributed by atoms with E-state index in [1.54, 1.807) is 6.92 Å². The molecular weight excluding hydrogens is 477 g/mol. The molecule has 1 amide bonds. The summed E-state index contributed by atoms with van der Waals surface area (Å²) >= 11 is 0. The first-order chi connectivity index (χ1) is 17.5. The van der Waals surface area contributed by atoms with Crippen LogP contribution in [0.25, 0.3) is 0 Å². The highest BCUT2D eigenvalue weighted by Crippen LogP contribution is 2.65. The molecule has 0 spiro atoms. The Kier molecular flexibility index (Phi) is 14.9. The fourth-order valence-electron chi connectivity index (χ4n) is 5.41. The van der Waals surface area contributed by atoms with Crippen molar-refractivity contribution in [3.63, 3.8) is 0 Å². The predicted molar refractivity (Wildman–Crippen MR) is 162 cm³/mol. The Hall–Kier alpha value is -2.03. The maximum absolute atomic E-state index is 13.1. The van der Waals surface area contributed by atoms with E-state index in [1.807, 2.05) is 38.1 Å². The van der Waals surface area contributed by atoms with Gasteiger partial charge in [0.25, 0.3) is 5.91 Å². The Labute approximate surface area is 227 Å². The lowest BCUT2D eigenvalue weighted by atomic mass is 10.0. The van der Waals surface area contributed by atoms with E-state index in [2.05, 4.69) is 57.3 Å². The Balaban J connectivity index is 0.000000659. The lowest BCUT2D eigenvalue weighted by Gasteiger charge is -2.34. The molecule has 1 fully saturated rings. The van der Waals surface area contributed by atoms with E-state index in [0.29, 0.717) is 6.16 Å². The number of Topliss-reactive ketones (excluding diaryl/α,β-unsaturated/α-hetero) is 1. The van der Waals surface area contributed by atoms with Crippen LogP contribution >= 0.6 is 7.26 Å². The van der Waals surface area contributed by atoms with Crippen LogP contribution in [-0.4, -0.2) is 42.4 Å². The van der Waals surface area contributed by atoms with Crippen LogP contribution in [-0.2, 0) is 15.8 Å². The molecule has 1 saturated heterocycles. The van der Waals surface area contributed by atoms with E-state index < -0.39 is 7.26 Å². The van der Waals surface area contributed by atoms with Gasteiger partial charge in [-0.1, -0.05) is 76.2 Å². The van der Waals surface area contributed by atoms with Gasteiger partial charge in [-0.15, -0.1) is 0 Å². The van der Waals surface area contributed by atoms with Crippen LogP contribution in [0.5, 0.6) is 0 Å². The monoisotopic (exact) mass is 528 g/mol. The smallest absolute Gasteiger partial charge is 0.261 e. The molecule has 0 bridgehead atoms. The largest absolute Gasteiger partial charge is 0.400 e. The van der Waals surface area contributed by atoms with E-state index >= 15 is 0 Å². The van der Waals surface area contributed by atoms with Gasteiger partial charge in [-0.3, -0.25) is 9.59 Å². The van der Waals surface area contributed by atoms with Gasteiger partial charge in [0.05, 0.1) is 24.4 Å². The molecule has 206 valence electrons. The molecule has 0 aliphatic carbocycles. The maximum Gasteiger partial charge on any atom is 0.261 e. The lowest BCUT2D eigenvalue weighted by Crippen LogP contribution is -2.31. The van der Waals surface area contributed by atoms with Gasteiger partial charge in [0.1, 0.15) is 11.9 Å². The number of amides is 1. The zero-order valence-corrected chi connectivity index (χ0v) is 25.4. The number of aliphatic hydroxyl groups is 1. The van der Waals surface area contributed by atoms with Crippen LogP contribution < -0.4 is 5.32 Å². The number of ketones is 1. The molecule has 3 rings (SSSR count). The van der Waals surface area contributed by atoms with Crippen LogP contribution in [0.3, 0.4) is 0 Å². The maximum atomic E-state index is 13.1. The van der Waals surface area contributed by atoms with Gasteiger partial charge >= 0.3 is 0 Å². The van der Waals surface area contributed by atoms with Crippen molar-refractivity contribution in [1.82, 2.24) is 0 Å². The zero-order chi connectivity index (χ0) is 28.0. The number of para-hydroxylation sites is 1. The molecule has 2 aromatic carbocycles. The number of hydrogen-bond donors (Lipinski definition) is 2. The van der Waals surface area contributed by atoms with Crippen molar-refractivity contribution in [2.75, 3.05) is 30.9 Å². The fraction of sp³-hybridized carbons (Fsp3) is 0.562. The minimum absolute atomic E-state index is 0.103. The number of rotatable bonds is 8. The third kappa shape index (κ3) is 11.9. The molecule has 0 saturated carbocycles. The minimum Gasteiger partial charge on any atom is -0.400 e. The highest BCUT2D eigenvalue weighted by molar-refractivity contribution is 7.76. The molecular formula is C32H51NO3P+. The third-order valence-electron chi connectivity index (χ3n) is 6.90. The summed E-state index contributed by atoms with van der Waals surface area (Å²) in [4.78, 5) is 25.2. The van der Waals surface area contributed by atoms with Gasteiger partial charge in [-0.25, -0.2) is 0 Å². The van der Waals surface area contributed by atoms with Gasteiger partial charge in [-0.2, -0.15) is 0 Å². The summed E-state index contributed by atoms with van der Waals surface area (Å²) in [6.45, 7) is 14.8. The molecule has 2 aromatic rings. The normalized spacial score (nSPS) is 18.8. The number of aryl methyl sites for hydroxylation is 2. The van der Waals surface area contributed by atoms with Gasteiger partial charge in [0, 0.05) is 20.1 Å². The molecule has 2 unspecified atom stereocenters. The van der Waals surface area contributed by atoms with Crippen molar-refractivity contribution in [2.24, 2.45) is 17.8 Å². The van der Waals surface area contributed by atoms with E-state index in [0.717, 1.165) is 67.1 Å². The van der Waals surface area contributed by atoms with Gasteiger partial charge in [-0.05, 0) is 68.6 Å². The fourth-order valence-corrected chi connectivity index (χ4v) is 10.2. The second kappa shape index (κ2) is 16.7. The molecule has 0 aromatic heterocycles. The first kappa shape index (κ1) is 33.0. The molecule has 0 radical (unpaired) electrons. The van der Waals surface area contributed by atoms with Crippen molar-refractivity contribution in [3.05, 3.63) is 65.2 Å². The van der Waals surface area contributed by atoms with Crippen LogP contribution in [0.2, 0.25) is 0 Å². The van der Waals surface area contributed by atoms with Gasteiger partial charge in [0.2, 0.25) is 0 Å². The second-order valence-corrected chi connectivity index (χ2v) is 15.5. The van der Waals surface area contributed by atoms with Gasteiger partial charge in [0.15, 0.2) is 0 Å². The topological polar surface area (TPSA) is 66.4 Å². The van der Waals surface area contributed by atoms with E-state index in [-0.39, 0.29) is 17.6 Å². The van der Waals surface area contributed by atoms with Crippen LogP contribution in [0.1, 0.15) is 70.6 Å². The van der Waals surface area contributed by atoms with E-state index in [9.17, 15) is 9.59 Å². The summed E-state index contributed by atoms with van der Waals surface area (Å²) in [5.41, 5.74) is 4.41. The van der Waals surface area contributed by atoms with Crippen molar-refractivity contribution < 1.29 is 14.7 Å². The van der Waals surface area contributed by atoms with Crippen molar-refractivity contribution in [1.29, 1.82) is 0 Å². The summed E-state index contributed by atoms with van der Waals surface area (Å²) in [6.07, 6.45) is 6.94. The molecule has 37 heavy (non-hydrogen) atoms. The summed E-state index contributed by atoms with van der Waals surface area (Å²) < 4.78 is 0. The molecule has 2 atom stereocenters. The third-order valence-corrected chi connectivity index (χ3v) is 11.4. The van der Waals surface area contributed by atoms with Gasteiger partial charge < -0.3 is 10.4 Å². The number of anilines is 1. The summed E-state index contributed by atoms with van der Waals surface area (Å²) in [6, 6.07) is 16.5. The Morgan fingerprint density at radius 2 is 1.51 bits per heavy atom. The van der Waals surface area contributed by atoms with E-state index in [4.69, 9.17) is 5.11 Å². The Morgan fingerprint density at radius 1 is 0.946 bits per heavy atom. The Morgan fingerprint density at radius 3 is 2.00 bits per heavy atom. The summed E-state index contributed by atoms with van der Waals surface area (Å²) in [5.74, 6) is 2.26. The quantitative estimate of drug-likeness (QED) is 0.344. The van der Waals surface area contributed by atoms with Crippen LogP contribution in [0, 0.1) is 31.6 Å². The number of benzene rings is 2. The molecule has 1 heterocycles. The number of hydrogen-bond acceptors (Lipinski definition) is 3. The van der Waals surface area contributed by atoms with Crippen molar-refractivity contribution in [2.45, 2.75) is 73.9 Å². The van der Waals surface area contributed by atoms with Crippen molar-refractivity contribution >= 4 is 24.6 Å². The highest BCUT2D eigenvalue weighted by atomic mass is 31.2. The number of carbonyl (C=O) groups is 2. The van der Waals surface area contributed by atoms with E-state index in [1.165, 1.54) is 12.0 Å². The number of nitrogens with one attached hydrogen (secondary N) is 1. The summed E-state index contributed by atoms with van der Waals surface area (Å²) in [7, 11) is -0.578. The molecule has 2 N–H and O–H groups in total. The zero-order valence-electron chi connectivity index (χ0n) is 24.5. The molecule has 1 aliphatic heterocycles. The van der Waals surface area contributed by atoms with Crippen LogP contribution in [0.15, 0.2) is 48.5 Å². The Bertz CT molecular complexity index is 932. The van der Waals surface area contributed by atoms with Crippen LogP contribution in [0.4, 0.5) is 5.69 Å². The predicted octanol–water partition coefficient (Wildman–Crippen LogP) is 7.76. The molecule has 1 aliphatic rings. The minimum atomic E-state index is -1.58. The average Bonchev–Trinajstić information content (AvgIpc) is 2.83.